The third kappa shape index (κ3) is 4.57. The van der Waals surface area contributed by atoms with Gasteiger partial charge >= 0.3 is 6.09 Å². The molecule has 5 rings (SSSR count). The Morgan fingerprint density at radius 3 is 2.75 bits per heavy atom. The van der Waals surface area contributed by atoms with Crippen LogP contribution in [-0.4, -0.2) is 65.9 Å². The highest BCUT2D eigenvalue weighted by atomic mass is 19.1. The zero-order valence-electron chi connectivity index (χ0n) is 21.4. The van der Waals surface area contributed by atoms with Gasteiger partial charge in [-0.15, -0.1) is 0 Å². The van der Waals surface area contributed by atoms with Crippen LogP contribution in [0.5, 0.6) is 11.6 Å². The summed E-state index contributed by atoms with van der Waals surface area (Å²) in [5.41, 5.74) is 2.38. The van der Waals surface area contributed by atoms with Gasteiger partial charge in [0, 0.05) is 49.1 Å². The Bertz CT molecular complexity index is 1320. The molecule has 0 N–H and O–H groups in total. The van der Waals surface area contributed by atoms with Gasteiger partial charge < -0.3 is 19.1 Å². The molecule has 3 aromatic rings. The first-order chi connectivity index (χ1) is 17.1. The van der Waals surface area contributed by atoms with E-state index in [1.54, 1.807) is 30.3 Å². The van der Waals surface area contributed by atoms with Gasteiger partial charge in [-0.05, 0) is 56.8 Å². The standard InChI is InChI=1S/C28H32FN3O4/c1-17-6-7-18-8-9-30-26(34-5)25(18)24(17)21-13-23-19(12-22(21)29)14-31-10-11-32(15-20(31)16-35-23)27(33)36-28(2,3)4/h6-9,12-13,20H,10-11,14-16H2,1-5H3/t20-/m1/s1. The number of aryl methyl sites for hydroxylation is 1. The van der Waals surface area contributed by atoms with Crippen molar-refractivity contribution < 1.29 is 23.4 Å². The maximum absolute atomic E-state index is 15.7. The van der Waals surface area contributed by atoms with Gasteiger partial charge in [0.25, 0.3) is 0 Å². The van der Waals surface area contributed by atoms with Gasteiger partial charge in [0.05, 0.1) is 18.5 Å². The number of amides is 1. The first kappa shape index (κ1) is 24.3. The van der Waals surface area contributed by atoms with Crippen molar-refractivity contribution in [3.05, 3.63) is 53.5 Å². The van der Waals surface area contributed by atoms with E-state index in [0.717, 1.165) is 27.5 Å². The first-order valence-corrected chi connectivity index (χ1v) is 12.2. The van der Waals surface area contributed by atoms with Crippen molar-refractivity contribution in [2.75, 3.05) is 33.4 Å². The highest BCUT2D eigenvalue weighted by Crippen LogP contribution is 2.41. The largest absolute Gasteiger partial charge is 0.492 e. The Morgan fingerprint density at radius 2 is 2.00 bits per heavy atom. The van der Waals surface area contributed by atoms with E-state index in [1.807, 2.05) is 45.9 Å². The third-order valence-corrected chi connectivity index (χ3v) is 6.78. The maximum Gasteiger partial charge on any atom is 0.410 e. The lowest BCUT2D eigenvalue weighted by molar-refractivity contribution is -0.00154. The minimum atomic E-state index is -0.545. The number of aromatic nitrogens is 1. The van der Waals surface area contributed by atoms with Crippen molar-refractivity contribution in [1.29, 1.82) is 0 Å². The average Bonchev–Trinajstić information content (AvgIpc) is 3.00. The lowest BCUT2D eigenvalue weighted by atomic mass is 9.93. The molecule has 0 saturated carbocycles. The number of carbonyl (C=O) groups is 1. The number of pyridine rings is 1. The summed E-state index contributed by atoms with van der Waals surface area (Å²) in [6.45, 7) is 10.2. The lowest BCUT2D eigenvalue weighted by Gasteiger charge is -2.40. The van der Waals surface area contributed by atoms with Gasteiger partial charge in [0.1, 0.15) is 23.8 Å². The quantitative estimate of drug-likeness (QED) is 0.491. The summed E-state index contributed by atoms with van der Waals surface area (Å²) in [5, 5.41) is 1.70. The predicted molar refractivity (Wildman–Crippen MR) is 136 cm³/mol. The van der Waals surface area contributed by atoms with Gasteiger partial charge in [0.2, 0.25) is 5.88 Å². The van der Waals surface area contributed by atoms with Gasteiger partial charge in [-0.1, -0.05) is 12.1 Å². The summed E-state index contributed by atoms with van der Waals surface area (Å²) in [6, 6.07) is 9.23. The van der Waals surface area contributed by atoms with Crippen molar-refractivity contribution in [3.63, 3.8) is 0 Å². The first-order valence-electron chi connectivity index (χ1n) is 12.2. The van der Waals surface area contributed by atoms with Gasteiger partial charge in [-0.3, -0.25) is 4.90 Å². The zero-order valence-corrected chi connectivity index (χ0v) is 21.4. The molecular weight excluding hydrogens is 461 g/mol. The van der Waals surface area contributed by atoms with Crippen LogP contribution >= 0.6 is 0 Å². The van der Waals surface area contributed by atoms with Crippen molar-refractivity contribution >= 4 is 16.9 Å². The number of nitrogens with zero attached hydrogens (tertiary/aromatic N) is 3. The average molecular weight is 494 g/mol. The molecule has 1 fully saturated rings. The molecule has 0 unspecified atom stereocenters. The number of hydrogen-bond acceptors (Lipinski definition) is 6. The van der Waals surface area contributed by atoms with Crippen molar-refractivity contribution in [3.8, 4) is 22.8 Å². The van der Waals surface area contributed by atoms with Crippen LogP contribution in [-0.2, 0) is 11.3 Å². The summed E-state index contributed by atoms with van der Waals surface area (Å²) < 4.78 is 33.0. The SMILES string of the molecule is COc1nccc2ccc(C)c(-c3cc4c(cc3F)CN3CCN(C(=O)OC(C)(C)C)C[C@@H]3CO4)c12. The maximum atomic E-state index is 15.7. The Kier molecular flexibility index (Phi) is 6.24. The van der Waals surface area contributed by atoms with Crippen molar-refractivity contribution in [2.45, 2.75) is 45.9 Å². The molecule has 190 valence electrons. The molecule has 8 heteroatoms. The number of piperazine rings is 1. The van der Waals surface area contributed by atoms with Crippen LogP contribution in [0.3, 0.4) is 0 Å². The van der Waals surface area contributed by atoms with Crippen LogP contribution in [0.2, 0.25) is 0 Å². The second kappa shape index (κ2) is 9.24. The highest BCUT2D eigenvalue weighted by molar-refractivity contribution is 6.01. The van der Waals surface area contributed by atoms with E-state index >= 15 is 4.39 Å². The van der Waals surface area contributed by atoms with Crippen LogP contribution in [0.4, 0.5) is 9.18 Å². The molecular formula is C28H32FN3O4. The van der Waals surface area contributed by atoms with E-state index in [1.165, 1.54) is 0 Å². The number of ether oxygens (including phenoxy) is 3. The second-order valence-electron chi connectivity index (χ2n) is 10.5. The van der Waals surface area contributed by atoms with Crippen molar-refractivity contribution in [1.82, 2.24) is 14.8 Å². The van der Waals surface area contributed by atoms with E-state index in [0.29, 0.717) is 50.0 Å². The molecule has 0 radical (unpaired) electrons. The predicted octanol–water partition coefficient (Wildman–Crippen LogP) is 5.17. The number of methoxy groups -OCH3 is 1. The molecule has 1 atom stereocenters. The minimum Gasteiger partial charge on any atom is -0.492 e. The molecule has 0 aliphatic carbocycles. The summed E-state index contributed by atoms with van der Waals surface area (Å²) >= 11 is 0. The monoisotopic (exact) mass is 493 g/mol. The van der Waals surface area contributed by atoms with Crippen LogP contribution in [0.1, 0.15) is 31.9 Å². The second-order valence-corrected chi connectivity index (χ2v) is 10.5. The molecule has 3 heterocycles. The minimum absolute atomic E-state index is 0.00577. The molecule has 0 spiro atoms. The number of hydrogen-bond donors (Lipinski definition) is 0. The fourth-order valence-corrected chi connectivity index (χ4v) is 5.04. The van der Waals surface area contributed by atoms with E-state index < -0.39 is 5.60 Å². The summed E-state index contributed by atoms with van der Waals surface area (Å²) in [4.78, 5) is 20.9. The third-order valence-electron chi connectivity index (χ3n) is 6.78. The van der Waals surface area contributed by atoms with Crippen LogP contribution in [0, 0.1) is 12.7 Å². The van der Waals surface area contributed by atoms with Crippen LogP contribution in [0.25, 0.3) is 21.9 Å². The van der Waals surface area contributed by atoms with Gasteiger partial charge in [-0.25, -0.2) is 14.2 Å². The summed E-state index contributed by atoms with van der Waals surface area (Å²) in [6.07, 6.45) is 1.37. The van der Waals surface area contributed by atoms with E-state index in [9.17, 15) is 4.79 Å². The van der Waals surface area contributed by atoms with Gasteiger partial charge in [0.15, 0.2) is 0 Å². The van der Waals surface area contributed by atoms with Gasteiger partial charge in [-0.2, -0.15) is 0 Å². The van der Waals surface area contributed by atoms with Crippen molar-refractivity contribution in [2.24, 2.45) is 0 Å². The number of carbonyl (C=O) groups excluding carboxylic acids is 1. The molecule has 1 amide bonds. The van der Waals surface area contributed by atoms with E-state index in [2.05, 4.69) is 9.88 Å². The number of rotatable bonds is 2. The Morgan fingerprint density at radius 1 is 1.19 bits per heavy atom. The van der Waals surface area contributed by atoms with Crippen LogP contribution < -0.4 is 9.47 Å². The summed E-state index contributed by atoms with van der Waals surface area (Å²) in [5.74, 6) is 0.800. The molecule has 36 heavy (non-hydrogen) atoms. The fraction of sp³-hybridized carbons (Fsp3) is 0.429. The Hall–Kier alpha value is -3.39. The fourth-order valence-electron chi connectivity index (χ4n) is 5.04. The molecule has 1 aromatic heterocycles. The highest BCUT2D eigenvalue weighted by Gasteiger charge is 2.35. The normalized spacial score (nSPS) is 18.2. The van der Waals surface area contributed by atoms with E-state index in [4.69, 9.17) is 14.2 Å². The number of halogens is 1. The van der Waals surface area contributed by atoms with E-state index in [-0.39, 0.29) is 18.0 Å². The molecule has 2 aliphatic rings. The topological polar surface area (TPSA) is 64.1 Å². The molecule has 2 aromatic carbocycles. The molecule has 0 bridgehead atoms. The Labute approximate surface area is 210 Å². The molecule has 1 saturated heterocycles. The lowest BCUT2D eigenvalue weighted by Crippen LogP contribution is -2.56. The number of benzene rings is 2. The van der Waals surface area contributed by atoms with Crippen LogP contribution in [0.15, 0.2) is 36.5 Å². The zero-order chi connectivity index (χ0) is 25.6. The molecule has 7 nitrogen and oxygen atoms in total. The Balaban J connectivity index is 1.47. The smallest absolute Gasteiger partial charge is 0.410 e. The molecule has 2 aliphatic heterocycles. The number of fused-ring (bicyclic) bond motifs is 3. The summed E-state index contributed by atoms with van der Waals surface area (Å²) in [7, 11) is 1.57.